The molecule has 0 bridgehead atoms. The summed E-state index contributed by atoms with van der Waals surface area (Å²) in [5.41, 5.74) is 0. The lowest BCUT2D eigenvalue weighted by molar-refractivity contribution is -0.301. The third-order valence-corrected chi connectivity index (χ3v) is 12.1. The lowest BCUT2D eigenvalue weighted by Crippen LogP contribution is -2.59. The molecule has 11 atom stereocenters. The number of hydrogen-bond acceptors (Lipinski definition) is 28. The average molecular weight is 1240 g/mol. The minimum Gasteiger partial charge on any atom is -0.481 e. The summed E-state index contributed by atoms with van der Waals surface area (Å²) in [6.45, 7) is 1.40. The predicted molar refractivity (Wildman–Crippen MR) is 270 cm³/mol. The molecule has 13 N–H and O–H groups in total. The number of carboxylic acid groups (broad SMARTS) is 1. The molecule has 2 aliphatic rings. The Morgan fingerprint density at radius 1 is 0.427 bits per heavy atom. The van der Waals surface area contributed by atoms with Gasteiger partial charge in [0.05, 0.1) is 158 Å². The van der Waals surface area contributed by atoms with Crippen molar-refractivity contribution in [3.8, 4) is 0 Å². The van der Waals surface area contributed by atoms with E-state index in [9.17, 15) is 58.9 Å². The highest BCUT2D eigenvalue weighted by molar-refractivity contribution is 7.46. The van der Waals surface area contributed by atoms with E-state index in [0.29, 0.717) is 6.61 Å². The van der Waals surface area contributed by atoms with Crippen molar-refractivity contribution >= 4 is 39.2 Å². The number of aliphatic hydroxyl groups is 6. The van der Waals surface area contributed by atoms with Gasteiger partial charge < -0.3 is 132 Å². The molecular formula is C45H84N2O33P2. The van der Waals surface area contributed by atoms with Crippen LogP contribution in [0.1, 0.15) is 25.7 Å². The second-order valence-electron chi connectivity index (χ2n) is 17.6. The van der Waals surface area contributed by atoms with E-state index in [1.54, 1.807) is 0 Å². The number of hydrogen-bond donors (Lipinski definition) is 13. The summed E-state index contributed by atoms with van der Waals surface area (Å²) in [5, 5.41) is 74.3. The highest BCUT2D eigenvalue weighted by Crippen LogP contribution is 2.38. The quantitative estimate of drug-likeness (QED) is 0.0153. The Morgan fingerprint density at radius 2 is 0.768 bits per heavy atom. The molecule has 0 aromatic rings. The molecule has 11 unspecified atom stereocenters. The molecule has 37 heteroatoms. The van der Waals surface area contributed by atoms with Gasteiger partial charge in [-0.1, -0.05) is 0 Å². The summed E-state index contributed by atoms with van der Waals surface area (Å²) in [6.07, 6.45) is -16.3. The number of ether oxygens (including phenoxy) is 14. The molecule has 2 heterocycles. The van der Waals surface area contributed by atoms with Crippen LogP contribution in [0.4, 0.5) is 0 Å². The minimum absolute atomic E-state index is 0.00121. The molecule has 0 aromatic heterocycles. The Labute approximate surface area is 472 Å². The molecule has 0 spiro atoms. The fraction of sp³-hybridized carbons (Fsp3) is 0.911. The lowest BCUT2D eigenvalue weighted by atomic mass is 9.95. The first-order chi connectivity index (χ1) is 39.1. The summed E-state index contributed by atoms with van der Waals surface area (Å²) in [4.78, 5) is 85.5. The number of ketones is 1. The van der Waals surface area contributed by atoms with Gasteiger partial charge in [0.2, 0.25) is 11.8 Å². The fourth-order valence-corrected chi connectivity index (χ4v) is 7.62. The molecular weight excluding hydrogens is 1160 g/mol. The van der Waals surface area contributed by atoms with Crippen molar-refractivity contribution < 1.29 is 159 Å². The molecule has 482 valence electrons. The number of aliphatic carboxylic acids is 1. The summed E-state index contributed by atoms with van der Waals surface area (Å²) < 4.78 is 106. The molecule has 2 amide bonds. The largest absolute Gasteiger partial charge is 0.481 e. The summed E-state index contributed by atoms with van der Waals surface area (Å²) >= 11 is 0. The van der Waals surface area contributed by atoms with Crippen LogP contribution in [0.3, 0.4) is 0 Å². The maximum atomic E-state index is 13.3. The van der Waals surface area contributed by atoms with Crippen LogP contribution in [0.2, 0.25) is 0 Å². The number of carbonyl (C=O) groups is 4. The molecule has 2 saturated heterocycles. The van der Waals surface area contributed by atoms with Gasteiger partial charge in [-0.05, 0) is 6.42 Å². The molecule has 2 aliphatic heterocycles. The second-order valence-corrected chi connectivity index (χ2v) is 20.1. The van der Waals surface area contributed by atoms with Crippen LogP contribution in [0.15, 0.2) is 0 Å². The zero-order valence-corrected chi connectivity index (χ0v) is 47.1. The maximum absolute atomic E-state index is 13.3. The Kier molecular flexibility index (Phi) is 41.4. The highest BCUT2D eigenvalue weighted by Gasteiger charge is 2.46. The van der Waals surface area contributed by atoms with Gasteiger partial charge >= 0.3 is 21.6 Å². The Bertz CT molecular complexity index is 1710. The van der Waals surface area contributed by atoms with Crippen LogP contribution in [0.5, 0.6) is 0 Å². The van der Waals surface area contributed by atoms with Crippen molar-refractivity contribution in [3.63, 3.8) is 0 Å². The van der Waals surface area contributed by atoms with Gasteiger partial charge in [0, 0.05) is 32.5 Å². The first-order valence-electron chi connectivity index (χ1n) is 26.2. The standard InChI is InChI=1S/C45H84N2O33P2/c48-32(2-1-6-65-10-14-69-20-22-73-24-26-75-44-41(56)39(54)37(52)33(79-44)29-77-81(59,60)61)31(28-35(49)46-4-8-67-12-16-71-19-18-70-15-11-66-7-3-36(50)51)43(58)47-5-9-68-13-17-72-21-23-74-25-27-76-45-42(57)40(55)38(53)34(80-45)30-78-82(62,63)64/h31,33-34,37-42,44-45,52-57H,1-30H2,(H,46,49)(H,47,58)(H,50,51)(H2,59,60,61)(H2,62,63,64). The normalized spacial score (nSPS) is 23.6. The number of carboxylic acids is 1. The van der Waals surface area contributed by atoms with Crippen LogP contribution >= 0.6 is 15.6 Å². The van der Waals surface area contributed by atoms with Crippen molar-refractivity contribution in [2.24, 2.45) is 5.92 Å². The summed E-state index contributed by atoms with van der Waals surface area (Å²) in [7, 11) is -9.80. The van der Waals surface area contributed by atoms with E-state index < -0.39 is 126 Å². The number of carbonyl (C=O) groups excluding carboxylic acids is 3. The zero-order valence-electron chi connectivity index (χ0n) is 45.4. The van der Waals surface area contributed by atoms with Gasteiger partial charge in [0.15, 0.2) is 12.6 Å². The Balaban J connectivity index is 1.65. The zero-order chi connectivity index (χ0) is 60.6. The molecule has 82 heavy (non-hydrogen) atoms. The molecule has 0 aliphatic carbocycles. The minimum atomic E-state index is -4.90. The number of amides is 2. The molecule has 0 saturated carbocycles. The molecule has 35 nitrogen and oxygen atoms in total. The van der Waals surface area contributed by atoms with Gasteiger partial charge in [-0.25, -0.2) is 9.13 Å². The van der Waals surface area contributed by atoms with Crippen molar-refractivity contribution in [2.75, 3.05) is 172 Å². The summed E-state index contributed by atoms with van der Waals surface area (Å²) in [5.74, 6) is -4.01. The fourth-order valence-electron chi connectivity index (χ4n) is 6.94. The molecule has 2 rings (SSSR count). The SMILES string of the molecule is O=C(O)CCOCCOCCOCCOCCNC(=O)CC(C(=O)CCCOCCOCCOCCOC1OC(COP(=O)(O)O)C(O)C(O)C1O)C(=O)NCCOCCOCCOCCOC1OC(COP(=O)(O)O)C(O)C(O)C1O. The van der Waals surface area contributed by atoms with Crippen molar-refractivity contribution in [1.82, 2.24) is 10.6 Å². The Hall–Kier alpha value is -2.50. The van der Waals surface area contributed by atoms with Crippen LogP contribution < -0.4 is 10.6 Å². The van der Waals surface area contributed by atoms with Crippen molar-refractivity contribution in [3.05, 3.63) is 0 Å². The predicted octanol–water partition coefficient (Wildman–Crippen LogP) is -5.92. The van der Waals surface area contributed by atoms with Crippen LogP contribution in [-0.2, 0) is 104 Å². The number of phosphoric acid groups is 2. The average Bonchev–Trinajstić information content (AvgIpc) is 3.51. The Morgan fingerprint density at radius 3 is 1.15 bits per heavy atom. The van der Waals surface area contributed by atoms with Gasteiger partial charge in [0.25, 0.3) is 0 Å². The monoisotopic (exact) mass is 1240 g/mol. The third kappa shape index (κ3) is 36.5. The van der Waals surface area contributed by atoms with E-state index in [4.69, 9.17) is 91.0 Å². The van der Waals surface area contributed by atoms with Gasteiger partial charge in [-0.2, -0.15) is 0 Å². The number of phosphoric ester groups is 2. The van der Waals surface area contributed by atoms with E-state index >= 15 is 0 Å². The first-order valence-corrected chi connectivity index (χ1v) is 29.3. The maximum Gasteiger partial charge on any atom is 0.469 e. The van der Waals surface area contributed by atoms with Crippen molar-refractivity contribution in [1.29, 1.82) is 0 Å². The van der Waals surface area contributed by atoms with Gasteiger partial charge in [0.1, 0.15) is 60.5 Å². The van der Waals surface area contributed by atoms with Crippen LogP contribution in [0, 0.1) is 5.92 Å². The lowest BCUT2D eigenvalue weighted by Gasteiger charge is -2.40. The number of Topliss-reactive ketones (excluding diaryl/α,β-unsaturated/α-hetero) is 1. The van der Waals surface area contributed by atoms with E-state index in [-0.39, 0.29) is 171 Å². The topological polar surface area (TPSA) is 497 Å². The van der Waals surface area contributed by atoms with E-state index in [2.05, 4.69) is 19.7 Å². The van der Waals surface area contributed by atoms with Crippen LogP contribution in [0.25, 0.3) is 0 Å². The highest BCUT2D eigenvalue weighted by atomic mass is 31.2. The third-order valence-electron chi connectivity index (χ3n) is 11.2. The van der Waals surface area contributed by atoms with E-state index in [1.165, 1.54) is 0 Å². The first kappa shape index (κ1) is 75.6. The van der Waals surface area contributed by atoms with Gasteiger partial charge in [-0.3, -0.25) is 28.2 Å². The van der Waals surface area contributed by atoms with E-state index in [1.807, 2.05) is 0 Å². The molecule has 0 aromatic carbocycles. The molecule has 2 fully saturated rings. The summed E-state index contributed by atoms with van der Waals surface area (Å²) in [6, 6.07) is 0. The number of rotatable bonds is 52. The smallest absolute Gasteiger partial charge is 0.469 e. The van der Waals surface area contributed by atoms with Crippen molar-refractivity contribution in [2.45, 2.75) is 87.1 Å². The van der Waals surface area contributed by atoms with E-state index in [0.717, 1.165) is 0 Å². The second kappa shape index (κ2) is 44.9. The van der Waals surface area contributed by atoms with Gasteiger partial charge in [-0.15, -0.1) is 0 Å². The van der Waals surface area contributed by atoms with Crippen LogP contribution in [-0.4, -0.2) is 312 Å². The number of nitrogens with one attached hydrogen (secondary N) is 2. The molecule has 0 radical (unpaired) electrons. The number of aliphatic hydroxyl groups excluding tert-OH is 6.